The van der Waals surface area contributed by atoms with Gasteiger partial charge in [0.15, 0.2) is 4.80 Å². The van der Waals surface area contributed by atoms with Crippen LogP contribution in [0.2, 0.25) is 0 Å². The Morgan fingerprint density at radius 1 is 1.24 bits per heavy atom. The Bertz CT molecular complexity index is 1340. The van der Waals surface area contributed by atoms with E-state index in [1.54, 1.807) is 41.3 Å². The SMILES string of the molecule is COC(=O)Cn1c(=NC(=O)C2CCCN(S(=O)(=O)c3cccs3)C2)sc2cc(OC)ccc21. The Morgan fingerprint density at radius 2 is 2.06 bits per heavy atom. The molecule has 2 aromatic heterocycles. The van der Waals surface area contributed by atoms with Gasteiger partial charge < -0.3 is 14.0 Å². The minimum atomic E-state index is -3.63. The molecule has 1 saturated heterocycles. The van der Waals surface area contributed by atoms with Crippen LogP contribution in [0.25, 0.3) is 10.2 Å². The lowest BCUT2D eigenvalue weighted by Crippen LogP contribution is -2.42. The highest BCUT2D eigenvalue weighted by molar-refractivity contribution is 7.91. The number of aromatic nitrogens is 1. The summed E-state index contributed by atoms with van der Waals surface area (Å²) >= 11 is 2.42. The van der Waals surface area contributed by atoms with Crippen molar-refractivity contribution >= 4 is 54.8 Å². The molecule has 1 aliphatic rings. The van der Waals surface area contributed by atoms with Gasteiger partial charge in [0.1, 0.15) is 16.5 Å². The maximum atomic E-state index is 13.1. The number of amides is 1. The molecule has 1 unspecified atom stereocenters. The van der Waals surface area contributed by atoms with E-state index >= 15 is 0 Å². The van der Waals surface area contributed by atoms with Gasteiger partial charge in [0, 0.05) is 13.1 Å². The molecule has 33 heavy (non-hydrogen) atoms. The molecule has 0 radical (unpaired) electrons. The molecule has 3 heterocycles. The molecule has 1 atom stereocenters. The lowest BCUT2D eigenvalue weighted by molar-refractivity contribution is -0.141. The molecular weight excluding hydrogens is 486 g/mol. The number of fused-ring (bicyclic) bond motifs is 1. The van der Waals surface area contributed by atoms with Gasteiger partial charge in [-0.25, -0.2) is 8.42 Å². The van der Waals surface area contributed by atoms with E-state index in [1.807, 2.05) is 6.07 Å². The topological polar surface area (TPSA) is 107 Å². The first-order valence-corrected chi connectivity index (χ1v) is 13.3. The van der Waals surface area contributed by atoms with Crippen molar-refractivity contribution in [3.63, 3.8) is 0 Å². The van der Waals surface area contributed by atoms with Crippen LogP contribution in [0.1, 0.15) is 12.8 Å². The van der Waals surface area contributed by atoms with E-state index in [0.29, 0.717) is 29.9 Å². The molecule has 1 fully saturated rings. The number of hydrogen-bond donors (Lipinski definition) is 0. The Kier molecular flexibility index (Phi) is 6.98. The van der Waals surface area contributed by atoms with Crippen molar-refractivity contribution in [3.8, 4) is 5.75 Å². The number of carbonyl (C=O) groups is 2. The number of thiazole rings is 1. The smallest absolute Gasteiger partial charge is 0.325 e. The number of rotatable bonds is 6. The standard InChI is InChI=1S/C21H23N3O6S3/c1-29-15-7-8-16-17(11-15)32-21(24(16)13-18(25)30-2)22-20(26)14-5-3-9-23(12-14)33(27,28)19-6-4-10-31-19/h4,6-8,10-11,14H,3,5,9,12-13H2,1-2H3. The number of piperidine rings is 1. The highest BCUT2D eigenvalue weighted by atomic mass is 32.2. The predicted molar refractivity (Wildman–Crippen MR) is 125 cm³/mol. The van der Waals surface area contributed by atoms with Gasteiger partial charge in [0.2, 0.25) is 0 Å². The van der Waals surface area contributed by atoms with Crippen molar-refractivity contribution in [2.24, 2.45) is 10.9 Å². The van der Waals surface area contributed by atoms with Crippen LogP contribution < -0.4 is 9.54 Å². The average molecular weight is 510 g/mol. The second-order valence-corrected chi connectivity index (χ2v) is 11.6. The number of benzene rings is 1. The second-order valence-electron chi connectivity index (χ2n) is 7.46. The maximum absolute atomic E-state index is 13.1. The second kappa shape index (κ2) is 9.75. The van der Waals surface area contributed by atoms with Gasteiger partial charge in [-0.15, -0.1) is 11.3 Å². The van der Waals surface area contributed by atoms with Gasteiger partial charge in [-0.05, 0) is 42.5 Å². The number of ether oxygens (including phenoxy) is 2. The van der Waals surface area contributed by atoms with Crippen molar-refractivity contribution in [1.82, 2.24) is 8.87 Å². The fourth-order valence-electron chi connectivity index (χ4n) is 3.70. The fourth-order valence-corrected chi connectivity index (χ4v) is 7.43. The van der Waals surface area contributed by atoms with Gasteiger partial charge in [-0.1, -0.05) is 17.4 Å². The summed E-state index contributed by atoms with van der Waals surface area (Å²) in [4.78, 5) is 29.8. The molecule has 0 bridgehead atoms. The first kappa shape index (κ1) is 23.6. The molecule has 3 aromatic rings. The molecule has 4 rings (SSSR count). The Hall–Kier alpha value is -2.54. The van der Waals surface area contributed by atoms with E-state index in [1.165, 1.54) is 22.8 Å². The molecule has 0 spiro atoms. The van der Waals surface area contributed by atoms with E-state index in [2.05, 4.69) is 4.99 Å². The highest BCUT2D eigenvalue weighted by Crippen LogP contribution is 2.27. The van der Waals surface area contributed by atoms with Crippen molar-refractivity contribution in [1.29, 1.82) is 0 Å². The van der Waals surface area contributed by atoms with Gasteiger partial charge in [0.05, 0.1) is 30.4 Å². The Balaban J connectivity index is 1.66. The number of nitrogens with zero attached hydrogens (tertiary/aromatic N) is 3. The van der Waals surface area contributed by atoms with Crippen LogP contribution in [-0.4, -0.2) is 56.5 Å². The normalized spacial score (nSPS) is 17.9. The largest absolute Gasteiger partial charge is 0.497 e. The number of hydrogen-bond acceptors (Lipinski definition) is 8. The summed E-state index contributed by atoms with van der Waals surface area (Å²) in [6.07, 6.45) is 1.12. The number of esters is 1. The molecule has 1 aromatic carbocycles. The van der Waals surface area contributed by atoms with E-state index in [-0.39, 0.29) is 17.3 Å². The Morgan fingerprint density at radius 3 is 2.76 bits per heavy atom. The molecule has 1 amide bonds. The quantitative estimate of drug-likeness (QED) is 0.473. The van der Waals surface area contributed by atoms with E-state index in [9.17, 15) is 18.0 Å². The molecule has 0 aliphatic carbocycles. The van der Waals surface area contributed by atoms with Crippen molar-refractivity contribution in [3.05, 3.63) is 40.5 Å². The summed E-state index contributed by atoms with van der Waals surface area (Å²) in [5.41, 5.74) is 0.725. The lowest BCUT2D eigenvalue weighted by Gasteiger charge is -2.29. The molecule has 0 N–H and O–H groups in total. The van der Waals surface area contributed by atoms with E-state index < -0.39 is 27.8 Å². The average Bonchev–Trinajstić information content (AvgIpc) is 3.48. The summed E-state index contributed by atoms with van der Waals surface area (Å²) < 4.78 is 39.9. The highest BCUT2D eigenvalue weighted by Gasteiger charge is 2.33. The van der Waals surface area contributed by atoms with Gasteiger partial charge >= 0.3 is 5.97 Å². The van der Waals surface area contributed by atoms with Crippen LogP contribution in [0, 0.1) is 5.92 Å². The lowest BCUT2D eigenvalue weighted by atomic mass is 9.99. The molecule has 0 saturated carbocycles. The summed E-state index contributed by atoms with van der Waals surface area (Å²) in [7, 11) is -0.774. The zero-order chi connectivity index (χ0) is 23.6. The monoisotopic (exact) mass is 509 g/mol. The van der Waals surface area contributed by atoms with Crippen LogP contribution in [0.3, 0.4) is 0 Å². The number of thiophene rings is 1. The van der Waals surface area contributed by atoms with Crippen molar-refractivity contribution < 1.29 is 27.5 Å². The van der Waals surface area contributed by atoms with E-state index in [0.717, 1.165) is 21.6 Å². The van der Waals surface area contributed by atoms with Crippen molar-refractivity contribution in [2.75, 3.05) is 27.3 Å². The molecule has 12 heteroatoms. The predicted octanol–water partition coefficient (Wildman–Crippen LogP) is 2.47. The van der Waals surface area contributed by atoms with Gasteiger partial charge in [-0.2, -0.15) is 9.30 Å². The fraction of sp³-hybridized carbons (Fsp3) is 0.381. The molecular formula is C21H23N3O6S3. The minimum absolute atomic E-state index is 0.0816. The zero-order valence-corrected chi connectivity index (χ0v) is 20.5. The summed E-state index contributed by atoms with van der Waals surface area (Å²) in [5.74, 6) is -0.781. The first-order chi connectivity index (χ1) is 15.8. The van der Waals surface area contributed by atoms with Crippen LogP contribution >= 0.6 is 22.7 Å². The summed E-state index contributed by atoms with van der Waals surface area (Å²) in [6.45, 7) is 0.353. The minimum Gasteiger partial charge on any atom is -0.497 e. The van der Waals surface area contributed by atoms with Crippen molar-refractivity contribution in [2.45, 2.75) is 23.6 Å². The first-order valence-electron chi connectivity index (χ1n) is 10.2. The summed E-state index contributed by atoms with van der Waals surface area (Å²) in [5, 5.41) is 1.71. The third-order valence-corrected chi connectivity index (χ3v) is 9.71. The number of sulfonamides is 1. The zero-order valence-electron chi connectivity index (χ0n) is 18.1. The van der Waals surface area contributed by atoms with Crippen LogP contribution in [0.4, 0.5) is 0 Å². The third-order valence-electron chi connectivity index (χ3n) is 5.43. The van der Waals surface area contributed by atoms with Crippen LogP contribution in [0.15, 0.2) is 44.9 Å². The molecule has 176 valence electrons. The van der Waals surface area contributed by atoms with E-state index in [4.69, 9.17) is 9.47 Å². The van der Waals surface area contributed by atoms with Crippen LogP contribution in [0.5, 0.6) is 5.75 Å². The van der Waals surface area contributed by atoms with Gasteiger partial charge in [-0.3, -0.25) is 9.59 Å². The third kappa shape index (κ3) is 4.88. The summed E-state index contributed by atoms with van der Waals surface area (Å²) in [6, 6.07) is 8.64. The van der Waals surface area contributed by atoms with Crippen LogP contribution in [-0.2, 0) is 30.9 Å². The number of methoxy groups -OCH3 is 2. The molecule has 9 nitrogen and oxygen atoms in total. The molecule has 1 aliphatic heterocycles. The Labute approximate surface area is 198 Å². The van der Waals surface area contributed by atoms with Gasteiger partial charge in [0.25, 0.3) is 15.9 Å². The number of carbonyl (C=O) groups excluding carboxylic acids is 2. The maximum Gasteiger partial charge on any atom is 0.325 e.